The number of piperazine rings is 1. The molecule has 1 atom stereocenters. The van der Waals surface area contributed by atoms with Crippen LogP contribution in [0, 0.1) is 5.92 Å². The van der Waals surface area contributed by atoms with Crippen LogP contribution in [0.25, 0.3) is 0 Å². The second-order valence-corrected chi connectivity index (χ2v) is 7.28. The first-order valence-electron chi connectivity index (χ1n) is 6.50. The molecule has 1 aliphatic carbocycles. The van der Waals surface area contributed by atoms with Crippen LogP contribution in [-0.2, 0) is 9.59 Å². The van der Waals surface area contributed by atoms with Crippen molar-refractivity contribution in [3.05, 3.63) is 27.1 Å². The number of halogens is 2. The second kappa shape index (κ2) is 4.84. The van der Waals surface area contributed by atoms with Gasteiger partial charge in [-0.05, 0) is 59.8 Å². The van der Waals surface area contributed by atoms with Gasteiger partial charge in [0.25, 0.3) is 5.91 Å². The highest BCUT2D eigenvalue weighted by Gasteiger charge is 2.53. The van der Waals surface area contributed by atoms with Gasteiger partial charge in [0.2, 0.25) is 5.91 Å². The Hall–Kier alpha value is -0.880. The van der Waals surface area contributed by atoms with Crippen molar-refractivity contribution in [1.29, 1.82) is 0 Å². The van der Waals surface area contributed by atoms with Gasteiger partial charge in [0.15, 0.2) is 0 Å². The number of nitrogens with zero attached hydrogens (tertiary/aromatic N) is 1. The van der Waals surface area contributed by atoms with Crippen LogP contribution in [0.3, 0.4) is 0 Å². The molecule has 1 N–H and O–H groups in total. The highest BCUT2D eigenvalue weighted by molar-refractivity contribution is 9.11. The SMILES string of the molecule is CC1(C2CC2)NC(=O)CN(c2cc(Br)ccc2Br)C1=O. The van der Waals surface area contributed by atoms with Crippen LogP contribution in [-0.4, -0.2) is 23.9 Å². The average Bonchev–Trinajstić information content (AvgIpc) is 3.21. The standard InChI is InChI=1S/C14H14Br2N2O2/c1-14(8-2-3-8)13(20)18(7-12(19)17-14)11-6-9(15)4-5-10(11)16/h4-6,8H,2-3,7H2,1H3,(H,17,19). The van der Waals surface area contributed by atoms with E-state index in [9.17, 15) is 9.59 Å². The minimum atomic E-state index is -0.767. The topological polar surface area (TPSA) is 49.4 Å². The van der Waals surface area contributed by atoms with Gasteiger partial charge >= 0.3 is 0 Å². The second-order valence-electron chi connectivity index (χ2n) is 5.51. The molecule has 106 valence electrons. The molecule has 2 amide bonds. The monoisotopic (exact) mass is 400 g/mol. The molecule has 2 fully saturated rings. The summed E-state index contributed by atoms with van der Waals surface area (Å²) in [5.41, 5.74) is -0.0389. The average molecular weight is 402 g/mol. The zero-order valence-electron chi connectivity index (χ0n) is 11.0. The van der Waals surface area contributed by atoms with Gasteiger partial charge < -0.3 is 5.32 Å². The predicted molar refractivity (Wildman–Crippen MR) is 83.5 cm³/mol. The fraction of sp³-hybridized carbons (Fsp3) is 0.429. The van der Waals surface area contributed by atoms with E-state index in [1.165, 1.54) is 0 Å². The van der Waals surface area contributed by atoms with E-state index in [0.29, 0.717) is 0 Å². The van der Waals surface area contributed by atoms with E-state index in [1.807, 2.05) is 25.1 Å². The molecule has 1 aromatic rings. The molecule has 20 heavy (non-hydrogen) atoms. The van der Waals surface area contributed by atoms with Gasteiger partial charge in [-0.15, -0.1) is 0 Å². The van der Waals surface area contributed by atoms with Crippen molar-refractivity contribution in [1.82, 2.24) is 5.32 Å². The third kappa shape index (κ3) is 2.29. The minimum absolute atomic E-state index is 0.0293. The molecule has 1 aliphatic heterocycles. The molecule has 1 heterocycles. The molecule has 1 aromatic carbocycles. The van der Waals surface area contributed by atoms with Gasteiger partial charge in [-0.2, -0.15) is 0 Å². The summed E-state index contributed by atoms with van der Waals surface area (Å²) in [6, 6.07) is 5.61. The lowest BCUT2D eigenvalue weighted by molar-refractivity contribution is -0.136. The maximum Gasteiger partial charge on any atom is 0.253 e. The molecule has 3 rings (SSSR count). The molecule has 0 radical (unpaired) electrons. The summed E-state index contributed by atoms with van der Waals surface area (Å²) in [4.78, 5) is 26.4. The summed E-state index contributed by atoms with van der Waals surface area (Å²) in [7, 11) is 0. The molecule has 1 saturated carbocycles. The molecular formula is C14H14Br2N2O2. The van der Waals surface area contributed by atoms with E-state index in [1.54, 1.807) is 4.90 Å². The van der Waals surface area contributed by atoms with Crippen molar-refractivity contribution < 1.29 is 9.59 Å². The molecule has 0 bridgehead atoms. The van der Waals surface area contributed by atoms with E-state index in [2.05, 4.69) is 37.2 Å². The molecule has 1 unspecified atom stereocenters. The smallest absolute Gasteiger partial charge is 0.253 e. The zero-order chi connectivity index (χ0) is 14.5. The number of hydrogen-bond acceptors (Lipinski definition) is 2. The Morgan fingerprint density at radius 1 is 1.30 bits per heavy atom. The lowest BCUT2D eigenvalue weighted by Crippen LogP contribution is -2.66. The number of nitrogens with one attached hydrogen (secondary N) is 1. The van der Waals surface area contributed by atoms with Crippen molar-refractivity contribution >= 4 is 49.4 Å². The van der Waals surface area contributed by atoms with Crippen molar-refractivity contribution in [3.63, 3.8) is 0 Å². The number of amides is 2. The molecule has 1 saturated heterocycles. The van der Waals surface area contributed by atoms with Crippen LogP contribution >= 0.6 is 31.9 Å². The number of carbonyl (C=O) groups is 2. The Kier molecular flexibility index (Phi) is 3.41. The Bertz CT molecular complexity index is 601. The maximum atomic E-state index is 12.8. The van der Waals surface area contributed by atoms with E-state index >= 15 is 0 Å². The zero-order valence-corrected chi connectivity index (χ0v) is 14.1. The minimum Gasteiger partial charge on any atom is -0.340 e. The fourth-order valence-electron chi connectivity index (χ4n) is 2.70. The van der Waals surface area contributed by atoms with Crippen molar-refractivity contribution in [3.8, 4) is 0 Å². The first-order valence-corrected chi connectivity index (χ1v) is 8.08. The van der Waals surface area contributed by atoms with Crippen LogP contribution in [0.5, 0.6) is 0 Å². The van der Waals surface area contributed by atoms with Crippen LogP contribution in [0.2, 0.25) is 0 Å². The molecule has 2 aliphatic rings. The molecule has 0 aromatic heterocycles. The molecular weight excluding hydrogens is 388 g/mol. The summed E-state index contributed by atoms with van der Waals surface area (Å²) >= 11 is 6.87. The van der Waals surface area contributed by atoms with E-state index < -0.39 is 5.54 Å². The molecule has 6 heteroatoms. The first kappa shape index (κ1) is 14.1. The summed E-state index contributed by atoms with van der Waals surface area (Å²) in [5.74, 6) is 0.122. The third-order valence-electron chi connectivity index (χ3n) is 3.98. The Labute approximate surface area is 134 Å². The highest BCUT2D eigenvalue weighted by Crippen LogP contribution is 2.43. The normalized spacial score (nSPS) is 26.6. The number of hydrogen-bond donors (Lipinski definition) is 1. The van der Waals surface area contributed by atoms with Gasteiger partial charge in [0.1, 0.15) is 12.1 Å². The van der Waals surface area contributed by atoms with Crippen LogP contribution in [0.1, 0.15) is 19.8 Å². The predicted octanol–water partition coefficient (Wildman–Crippen LogP) is 2.84. The lowest BCUT2D eigenvalue weighted by atomic mass is 9.91. The summed E-state index contributed by atoms with van der Waals surface area (Å²) in [5, 5.41) is 2.88. The maximum absolute atomic E-state index is 12.8. The summed E-state index contributed by atoms with van der Waals surface area (Å²) < 4.78 is 1.68. The largest absolute Gasteiger partial charge is 0.340 e. The van der Waals surface area contributed by atoms with Gasteiger partial charge in [-0.3, -0.25) is 14.5 Å². The van der Waals surface area contributed by atoms with Crippen molar-refractivity contribution in [2.45, 2.75) is 25.3 Å². The third-order valence-corrected chi connectivity index (χ3v) is 5.15. The number of anilines is 1. The number of carbonyl (C=O) groups excluding carboxylic acids is 2. The van der Waals surface area contributed by atoms with Crippen LogP contribution in [0.15, 0.2) is 27.1 Å². The van der Waals surface area contributed by atoms with Crippen molar-refractivity contribution in [2.24, 2.45) is 5.92 Å². The number of benzene rings is 1. The highest BCUT2D eigenvalue weighted by atomic mass is 79.9. The van der Waals surface area contributed by atoms with Crippen LogP contribution < -0.4 is 10.2 Å². The Morgan fingerprint density at radius 3 is 2.65 bits per heavy atom. The quantitative estimate of drug-likeness (QED) is 0.828. The lowest BCUT2D eigenvalue weighted by Gasteiger charge is -2.40. The Balaban J connectivity index is 2.01. The fourth-order valence-corrected chi connectivity index (χ4v) is 3.51. The Morgan fingerprint density at radius 2 is 2.00 bits per heavy atom. The van der Waals surface area contributed by atoms with E-state index in [0.717, 1.165) is 27.5 Å². The summed E-state index contributed by atoms with van der Waals surface area (Å²) in [6.45, 7) is 1.90. The van der Waals surface area contributed by atoms with E-state index in [4.69, 9.17) is 0 Å². The van der Waals surface area contributed by atoms with Crippen LogP contribution in [0.4, 0.5) is 5.69 Å². The van der Waals surface area contributed by atoms with Gasteiger partial charge in [-0.25, -0.2) is 0 Å². The van der Waals surface area contributed by atoms with E-state index in [-0.39, 0.29) is 24.3 Å². The first-order chi connectivity index (χ1) is 9.41. The van der Waals surface area contributed by atoms with Crippen molar-refractivity contribution in [2.75, 3.05) is 11.4 Å². The van der Waals surface area contributed by atoms with Gasteiger partial charge in [0, 0.05) is 8.95 Å². The molecule has 0 spiro atoms. The molecule has 4 nitrogen and oxygen atoms in total. The van der Waals surface area contributed by atoms with Gasteiger partial charge in [-0.1, -0.05) is 15.9 Å². The summed E-state index contributed by atoms with van der Waals surface area (Å²) in [6.07, 6.45) is 1.99. The number of rotatable bonds is 2. The van der Waals surface area contributed by atoms with Gasteiger partial charge in [0.05, 0.1) is 5.69 Å².